The smallest absolute Gasteiger partial charge is 0.260 e. The molecule has 2 heterocycles. The highest BCUT2D eigenvalue weighted by molar-refractivity contribution is 6.04. The Bertz CT molecular complexity index is 1120. The van der Waals surface area contributed by atoms with Gasteiger partial charge in [-0.25, -0.2) is 4.98 Å². The van der Waals surface area contributed by atoms with Crippen molar-refractivity contribution >= 4 is 27.8 Å². The molecule has 2 N–H and O–H groups in total. The summed E-state index contributed by atoms with van der Waals surface area (Å²) >= 11 is 0. The Kier molecular flexibility index (Phi) is 4.97. The topological polar surface area (TPSA) is 80.0 Å². The summed E-state index contributed by atoms with van der Waals surface area (Å²) in [6.45, 7) is 3.13. The van der Waals surface area contributed by atoms with Crippen LogP contribution in [-0.4, -0.2) is 32.3 Å². The minimum Gasteiger partial charge on any atom is -0.393 e. The molecule has 2 aliphatic rings. The number of aliphatic hydroxyl groups excluding tert-OH is 1. The van der Waals surface area contributed by atoms with E-state index in [1.54, 1.807) is 0 Å². The van der Waals surface area contributed by atoms with Crippen molar-refractivity contribution in [2.75, 3.05) is 11.9 Å². The van der Waals surface area contributed by atoms with E-state index in [0.29, 0.717) is 22.4 Å². The third kappa shape index (κ3) is 3.27. The van der Waals surface area contributed by atoms with Crippen molar-refractivity contribution in [2.45, 2.75) is 70.4 Å². The maximum absolute atomic E-state index is 13.5. The molecule has 0 spiro atoms. The van der Waals surface area contributed by atoms with E-state index in [0.717, 1.165) is 49.4 Å². The molecular weight excluding hydrogens is 376 g/mol. The Labute approximate surface area is 176 Å². The highest BCUT2D eigenvalue weighted by Crippen LogP contribution is 2.43. The van der Waals surface area contributed by atoms with Crippen LogP contribution in [0.4, 0.5) is 5.95 Å². The Hall–Kier alpha value is -2.47. The first-order valence-corrected chi connectivity index (χ1v) is 11.3. The van der Waals surface area contributed by atoms with Crippen LogP contribution in [0.25, 0.3) is 21.8 Å². The quantitative estimate of drug-likeness (QED) is 0.614. The van der Waals surface area contributed by atoms with Crippen molar-refractivity contribution in [3.8, 4) is 0 Å². The lowest BCUT2D eigenvalue weighted by molar-refractivity contribution is 0.111. The van der Waals surface area contributed by atoms with Crippen LogP contribution in [0, 0.1) is 5.41 Å². The molecule has 2 saturated carbocycles. The van der Waals surface area contributed by atoms with Gasteiger partial charge in [0.2, 0.25) is 5.95 Å². The first-order chi connectivity index (χ1) is 14.6. The molecule has 158 valence electrons. The minimum atomic E-state index is -0.261. The van der Waals surface area contributed by atoms with E-state index in [1.165, 1.54) is 19.3 Å². The number of hydrogen-bond acceptors (Lipinski definition) is 5. The van der Waals surface area contributed by atoms with Gasteiger partial charge in [-0.1, -0.05) is 31.5 Å². The molecule has 5 rings (SSSR count). The van der Waals surface area contributed by atoms with Gasteiger partial charge in [0.05, 0.1) is 6.10 Å². The molecular formula is C24H30N4O2. The van der Waals surface area contributed by atoms with E-state index in [-0.39, 0.29) is 17.7 Å². The first kappa shape index (κ1) is 19.5. The van der Waals surface area contributed by atoms with Gasteiger partial charge in [-0.3, -0.25) is 9.36 Å². The molecule has 0 aliphatic heterocycles. The summed E-state index contributed by atoms with van der Waals surface area (Å²) in [5.74, 6) is 0.599. The molecule has 0 bridgehead atoms. The monoisotopic (exact) mass is 406 g/mol. The van der Waals surface area contributed by atoms with Gasteiger partial charge >= 0.3 is 0 Å². The molecule has 2 aliphatic carbocycles. The average Bonchev–Trinajstić information content (AvgIpc) is 2.75. The van der Waals surface area contributed by atoms with Crippen molar-refractivity contribution in [3.63, 3.8) is 0 Å². The molecule has 2 fully saturated rings. The van der Waals surface area contributed by atoms with Gasteiger partial charge in [0.15, 0.2) is 0 Å². The molecule has 0 atom stereocenters. The molecule has 6 nitrogen and oxygen atoms in total. The third-order valence-electron chi connectivity index (χ3n) is 7.48. The Balaban J connectivity index is 1.61. The van der Waals surface area contributed by atoms with Crippen molar-refractivity contribution < 1.29 is 5.11 Å². The van der Waals surface area contributed by atoms with Crippen LogP contribution in [0.3, 0.4) is 0 Å². The van der Waals surface area contributed by atoms with Gasteiger partial charge in [-0.2, -0.15) is 4.98 Å². The van der Waals surface area contributed by atoms with Gasteiger partial charge in [0, 0.05) is 29.6 Å². The van der Waals surface area contributed by atoms with Gasteiger partial charge in [0.1, 0.15) is 5.65 Å². The summed E-state index contributed by atoms with van der Waals surface area (Å²) in [6.07, 6.45) is 9.60. The fraction of sp³-hybridized carbons (Fsp3) is 0.542. The van der Waals surface area contributed by atoms with Crippen LogP contribution in [0.15, 0.2) is 35.3 Å². The van der Waals surface area contributed by atoms with Crippen LogP contribution in [-0.2, 0) is 0 Å². The predicted molar refractivity (Wildman–Crippen MR) is 120 cm³/mol. The maximum Gasteiger partial charge on any atom is 0.260 e. The third-order valence-corrected chi connectivity index (χ3v) is 7.48. The maximum atomic E-state index is 13.5. The van der Waals surface area contributed by atoms with E-state index < -0.39 is 0 Å². The number of nitrogens with zero attached hydrogens (tertiary/aromatic N) is 3. The summed E-state index contributed by atoms with van der Waals surface area (Å²) < 4.78 is 1.87. The fourth-order valence-corrected chi connectivity index (χ4v) is 5.22. The second-order valence-corrected chi connectivity index (χ2v) is 9.17. The lowest BCUT2D eigenvalue weighted by Gasteiger charge is -2.41. The largest absolute Gasteiger partial charge is 0.393 e. The molecule has 2 aromatic heterocycles. The Morgan fingerprint density at radius 1 is 1.13 bits per heavy atom. The van der Waals surface area contributed by atoms with Crippen molar-refractivity contribution in [1.29, 1.82) is 0 Å². The van der Waals surface area contributed by atoms with Gasteiger partial charge in [-0.05, 0) is 61.8 Å². The number of fused-ring (bicyclic) bond motifs is 3. The number of benzene rings is 1. The normalized spacial score (nSPS) is 23.4. The zero-order valence-electron chi connectivity index (χ0n) is 17.6. The summed E-state index contributed by atoms with van der Waals surface area (Å²) in [7, 11) is 0. The number of anilines is 1. The molecule has 0 saturated heterocycles. The number of nitrogens with one attached hydrogen (secondary N) is 1. The summed E-state index contributed by atoms with van der Waals surface area (Å²) in [6, 6.07) is 7.79. The molecule has 1 aromatic carbocycles. The molecule has 30 heavy (non-hydrogen) atoms. The number of pyridine rings is 1. The predicted octanol–water partition coefficient (Wildman–Crippen LogP) is 4.41. The Morgan fingerprint density at radius 2 is 1.87 bits per heavy atom. The van der Waals surface area contributed by atoms with E-state index in [9.17, 15) is 9.90 Å². The standard InChI is InChI=1S/C24H30N4O2/c1-2-24(12-5-13-24)15-26-23-25-14-20-18-6-3-4-7-19(18)22(30)28(21(20)27-23)16-8-10-17(29)11-9-16/h3-4,6-7,14,16-17,29H,2,5,8-13,15H2,1H3,(H,25,26,27). The zero-order valence-corrected chi connectivity index (χ0v) is 17.6. The highest BCUT2D eigenvalue weighted by atomic mass is 16.3. The van der Waals surface area contributed by atoms with Crippen LogP contribution < -0.4 is 10.9 Å². The second-order valence-electron chi connectivity index (χ2n) is 9.17. The summed E-state index contributed by atoms with van der Waals surface area (Å²) in [4.78, 5) is 22.9. The summed E-state index contributed by atoms with van der Waals surface area (Å²) in [5.41, 5.74) is 1.07. The van der Waals surface area contributed by atoms with E-state index in [2.05, 4.69) is 17.2 Å². The SMILES string of the molecule is CCC1(CNc2ncc3c4ccccc4c(=O)n(C4CCC(O)CC4)c3n2)CCC1. The average molecular weight is 407 g/mol. The van der Waals surface area contributed by atoms with Crippen LogP contribution in [0.1, 0.15) is 64.3 Å². The molecule has 0 amide bonds. The van der Waals surface area contributed by atoms with Gasteiger partial charge in [0.25, 0.3) is 5.56 Å². The fourth-order valence-electron chi connectivity index (χ4n) is 5.22. The van der Waals surface area contributed by atoms with Crippen molar-refractivity contribution in [2.24, 2.45) is 5.41 Å². The van der Waals surface area contributed by atoms with Crippen LogP contribution >= 0.6 is 0 Å². The van der Waals surface area contributed by atoms with E-state index in [1.807, 2.05) is 35.0 Å². The molecule has 0 unspecified atom stereocenters. The summed E-state index contributed by atoms with van der Waals surface area (Å²) in [5, 5.41) is 15.9. The lowest BCUT2D eigenvalue weighted by Crippen LogP contribution is -2.36. The number of aromatic nitrogens is 3. The molecule has 3 aromatic rings. The number of aliphatic hydroxyl groups is 1. The first-order valence-electron chi connectivity index (χ1n) is 11.3. The van der Waals surface area contributed by atoms with Crippen molar-refractivity contribution in [1.82, 2.24) is 14.5 Å². The lowest BCUT2D eigenvalue weighted by atomic mass is 9.67. The van der Waals surface area contributed by atoms with Gasteiger partial charge < -0.3 is 10.4 Å². The van der Waals surface area contributed by atoms with E-state index in [4.69, 9.17) is 4.98 Å². The van der Waals surface area contributed by atoms with Crippen LogP contribution in [0.2, 0.25) is 0 Å². The molecule has 0 radical (unpaired) electrons. The van der Waals surface area contributed by atoms with Crippen molar-refractivity contribution in [3.05, 3.63) is 40.8 Å². The number of hydrogen-bond donors (Lipinski definition) is 2. The Morgan fingerprint density at radius 3 is 2.53 bits per heavy atom. The van der Waals surface area contributed by atoms with Crippen LogP contribution in [0.5, 0.6) is 0 Å². The van der Waals surface area contributed by atoms with Gasteiger partial charge in [-0.15, -0.1) is 0 Å². The van der Waals surface area contributed by atoms with E-state index >= 15 is 0 Å². The second kappa shape index (κ2) is 7.65. The molecule has 6 heteroatoms. The zero-order chi connectivity index (χ0) is 20.7. The minimum absolute atomic E-state index is 0.00756. The highest BCUT2D eigenvalue weighted by Gasteiger charge is 2.35. The number of rotatable bonds is 5.